The van der Waals surface area contributed by atoms with Crippen LogP contribution in [0, 0.1) is 12.8 Å². The summed E-state index contributed by atoms with van der Waals surface area (Å²) in [6, 6.07) is 0. The van der Waals surface area contributed by atoms with E-state index in [0.29, 0.717) is 37.3 Å². The van der Waals surface area contributed by atoms with Gasteiger partial charge < -0.3 is 10.4 Å². The first-order chi connectivity index (χ1) is 13.8. The third kappa shape index (κ3) is 8.66. The molecule has 0 spiro atoms. The molecule has 1 aromatic heterocycles. The number of aliphatic hydroxyl groups excluding tert-OH is 1. The highest BCUT2D eigenvalue weighted by Gasteiger charge is 2.15. The van der Waals surface area contributed by atoms with Crippen LogP contribution in [0.25, 0.3) is 0 Å². The van der Waals surface area contributed by atoms with E-state index in [1.165, 1.54) is 4.57 Å². The number of hydrogen-bond acceptors (Lipinski definition) is 5. The molecular weight excluding hydrogens is 368 g/mol. The molecule has 7 heteroatoms. The molecule has 1 unspecified atom stereocenters. The number of nitrogens with one attached hydrogen (secondary N) is 1. The first-order valence-electron chi connectivity index (χ1n) is 11.0. The number of rotatable bonds is 14. The standard InChI is InChI=1S/C22H40N4O3/c1-17(2)16-24-20-19(4)21(28)26(15-11-8-12-18(3)27)22(29)25(20)14-10-7-6-9-13-23-5/h16-18,23,27H,6-15H2,1-5H3/b24-16-. The van der Waals surface area contributed by atoms with E-state index >= 15 is 0 Å². The molecule has 2 N–H and O–H groups in total. The van der Waals surface area contributed by atoms with E-state index in [2.05, 4.69) is 10.3 Å². The predicted octanol–water partition coefficient (Wildman–Crippen LogP) is 3.01. The molecule has 0 aliphatic heterocycles. The van der Waals surface area contributed by atoms with E-state index in [9.17, 15) is 14.7 Å². The van der Waals surface area contributed by atoms with Gasteiger partial charge in [-0.25, -0.2) is 9.79 Å². The Balaban J connectivity index is 3.08. The Labute approximate surface area is 174 Å². The molecule has 1 aromatic rings. The van der Waals surface area contributed by atoms with Gasteiger partial charge in [0.25, 0.3) is 5.56 Å². The van der Waals surface area contributed by atoms with Crippen molar-refractivity contribution in [2.45, 2.75) is 91.8 Å². The Bertz CT molecular complexity index is 748. The second-order valence-electron chi connectivity index (χ2n) is 8.22. The summed E-state index contributed by atoms with van der Waals surface area (Å²) in [7, 11) is 1.95. The summed E-state index contributed by atoms with van der Waals surface area (Å²) in [4.78, 5) is 30.4. The molecule has 0 aliphatic rings. The fraction of sp³-hybridized carbons (Fsp3) is 0.773. The first kappa shape index (κ1) is 25.3. The lowest BCUT2D eigenvalue weighted by Crippen LogP contribution is -2.41. The van der Waals surface area contributed by atoms with E-state index < -0.39 is 0 Å². The van der Waals surface area contributed by atoms with E-state index in [4.69, 9.17) is 0 Å². The molecule has 0 amide bonds. The highest BCUT2D eigenvalue weighted by Crippen LogP contribution is 2.15. The molecule has 1 rings (SSSR count). The maximum absolute atomic E-state index is 13.1. The van der Waals surface area contributed by atoms with Crippen LogP contribution in [0.1, 0.15) is 71.3 Å². The highest BCUT2D eigenvalue weighted by atomic mass is 16.3. The number of aliphatic hydroxyl groups is 1. The molecule has 0 saturated carbocycles. The molecule has 1 heterocycles. The zero-order valence-corrected chi connectivity index (χ0v) is 18.9. The number of aromatic nitrogens is 2. The van der Waals surface area contributed by atoms with Gasteiger partial charge in [-0.3, -0.25) is 13.9 Å². The van der Waals surface area contributed by atoms with E-state index in [1.807, 2.05) is 20.9 Å². The molecular formula is C22H40N4O3. The normalized spacial score (nSPS) is 12.9. The Morgan fingerprint density at radius 2 is 1.62 bits per heavy atom. The Morgan fingerprint density at radius 3 is 2.24 bits per heavy atom. The predicted molar refractivity (Wildman–Crippen MR) is 121 cm³/mol. The smallest absolute Gasteiger partial charge is 0.332 e. The summed E-state index contributed by atoms with van der Waals surface area (Å²) in [6.07, 6.45) is 7.72. The topological polar surface area (TPSA) is 88.6 Å². The summed E-state index contributed by atoms with van der Waals surface area (Å²) in [5.41, 5.74) is -0.00999. The average Bonchev–Trinajstić information content (AvgIpc) is 2.66. The number of unbranched alkanes of at least 4 members (excludes halogenated alkanes) is 4. The Hall–Kier alpha value is -1.73. The number of hydrogen-bond donors (Lipinski definition) is 2. The van der Waals surface area contributed by atoms with Gasteiger partial charge in [-0.05, 0) is 65.5 Å². The minimum Gasteiger partial charge on any atom is -0.393 e. The quantitative estimate of drug-likeness (QED) is 0.366. The van der Waals surface area contributed by atoms with Gasteiger partial charge in [0.1, 0.15) is 5.82 Å². The monoisotopic (exact) mass is 408 g/mol. The van der Waals surface area contributed by atoms with Gasteiger partial charge in [-0.2, -0.15) is 0 Å². The summed E-state index contributed by atoms with van der Waals surface area (Å²) in [5.74, 6) is 0.728. The zero-order valence-electron chi connectivity index (χ0n) is 18.9. The van der Waals surface area contributed by atoms with Gasteiger partial charge in [0.05, 0.1) is 11.7 Å². The van der Waals surface area contributed by atoms with Crippen molar-refractivity contribution in [3.05, 3.63) is 26.4 Å². The third-order valence-electron chi connectivity index (χ3n) is 4.93. The van der Waals surface area contributed by atoms with Crippen LogP contribution in [-0.4, -0.2) is 40.2 Å². The fourth-order valence-corrected chi connectivity index (χ4v) is 3.24. The van der Waals surface area contributed by atoms with Crippen molar-refractivity contribution < 1.29 is 5.11 Å². The van der Waals surface area contributed by atoms with E-state index in [0.717, 1.165) is 38.6 Å². The van der Waals surface area contributed by atoms with Gasteiger partial charge >= 0.3 is 5.69 Å². The van der Waals surface area contributed by atoms with Crippen LogP contribution in [0.15, 0.2) is 14.6 Å². The molecule has 0 aromatic carbocycles. The number of aliphatic imine (C=N–C) groups is 1. The zero-order chi connectivity index (χ0) is 21.8. The maximum Gasteiger partial charge on any atom is 0.332 e. The Morgan fingerprint density at radius 1 is 1.00 bits per heavy atom. The van der Waals surface area contributed by atoms with Crippen LogP contribution in [-0.2, 0) is 13.1 Å². The SMILES string of the molecule is CNCCCCCCn1c(/N=C\C(C)C)c(C)c(=O)n(CCCCC(C)O)c1=O. The molecule has 29 heavy (non-hydrogen) atoms. The van der Waals surface area contributed by atoms with Crippen molar-refractivity contribution in [1.82, 2.24) is 14.5 Å². The molecule has 7 nitrogen and oxygen atoms in total. The summed E-state index contributed by atoms with van der Waals surface area (Å²) in [6.45, 7) is 9.49. The first-order valence-corrected chi connectivity index (χ1v) is 11.0. The van der Waals surface area contributed by atoms with Gasteiger partial charge in [0.15, 0.2) is 0 Å². The summed E-state index contributed by atoms with van der Waals surface area (Å²) < 4.78 is 3.01. The van der Waals surface area contributed by atoms with Crippen LogP contribution < -0.4 is 16.6 Å². The van der Waals surface area contributed by atoms with E-state index in [1.54, 1.807) is 24.6 Å². The Kier molecular flexibility index (Phi) is 11.8. The lowest BCUT2D eigenvalue weighted by atomic mass is 10.1. The van der Waals surface area contributed by atoms with Crippen LogP contribution in [0.4, 0.5) is 5.82 Å². The van der Waals surface area contributed by atoms with Crippen molar-refractivity contribution in [3.8, 4) is 0 Å². The minimum absolute atomic E-state index is 0.238. The second kappa shape index (κ2) is 13.5. The van der Waals surface area contributed by atoms with Gasteiger partial charge in [-0.1, -0.05) is 26.7 Å². The molecule has 0 saturated heterocycles. The molecule has 0 bridgehead atoms. The van der Waals surface area contributed by atoms with Gasteiger partial charge in [0.2, 0.25) is 0 Å². The lowest BCUT2D eigenvalue weighted by molar-refractivity contribution is 0.180. The van der Waals surface area contributed by atoms with Crippen LogP contribution in [0.3, 0.4) is 0 Å². The molecule has 166 valence electrons. The minimum atomic E-state index is -0.360. The number of nitrogens with zero attached hydrogens (tertiary/aromatic N) is 3. The van der Waals surface area contributed by atoms with Crippen molar-refractivity contribution in [1.29, 1.82) is 0 Å². The maximum atomic E-state index is 13.1. The lowest BCUT2D eigenvalue weighted by Gasteiger charge is -2.16. The van der Waals surface area contributed by atoms with E-state index in [-0.39, 0.29) is 23.3 Å². The molecule has 0 aliphatic carbocycles. The third-order valence-corrected chi connectivity index (χ3v) is 4.93. The summed E-state index contributed by atoms with van der Waals surface area (Å²) >= 11 is 0. The van der Waals surface area contributed by atoms with Crippen LogP contribution in [0.5, 0.6) is 0 Å². The fourth-order valence-electron chi connectivity index (χ4n) is 3.24. The summed E-state index contributed by atoms with van der Waals surface area (Å²) in [5, 5.41) is 12.6. The van der Waals surface area contributed by atoms with Gasteiger partial charge in [-0.15, -0.1) is 0 Å². The van der Waals surface area contributed by atoms with Crippen molar-refractivity contribution in [2.24, 2.45) is 10.9 Å². The molecule has 0 radical (unpaired) electrons. The molecule has 0 fully saturated rings. The van der Waals surface area contributed by atoms with Crippen molar-refractivity contribution >= 4 is 12.0 Å². The largest absolute Gasteiger partial charge is 0.393 e. The average molecular weight is 409 g/mol. The van der Waals surface area contributed by atoms with Crippen LogP contribution >= 0.6 is 0 Å². The molecule has 1 atom stereocenters. The highest BCUT2D eigenvalue weighted by molar-refractivity contribution is 5.64. The van der Waals surface area contributed by atoms with Gasteiger partial charge in [0, 0.05) is 19.3 Å². The van der Waals surface area contributed by atoms with Crippen molar-refractivity contribution in [2.75, 3.05) is 13.6 Å². The van der Waals surface area contributed by atoms with Crippen molar-refractivity contribution in [3.63, 3.8) is 0 Å². The van der Waals surface area contributed by atoms with Crippen LogP contribution in [0.2, 0.25) is 0 Å². The second-order valence-corrected chi connectivity index (χ2v) is 8.22.